The first kappa shape index (κ1) is 41.5. The van der Waals surface area contributed by atoms with Crippen LogP contribution in [-0.4, -0.2) is 68.4 Å². The van der Waals surface area contributed by atoms with Crippen LogP contribution in [0.2, 0.25) is 0 Å². The van der Waals surface area contributed by atoms with Crippen molar-refractivity contribution in [1.29, 1.82) is 0 Å². The number of H-pyrrole nitrogens is 1. The van der Waals surface area contributed by atoms with E-state index in [1.54, 1.807) is 6.92 Å². The van der Waals surface area contributed by atoms with Crippen LogP contribution in [0.15, 0.2) is 128 Å². The van der Waals surface area contributed by atoms with Crippen LogP contribution in [0.3, 0.4) is 0 Å². The third kappa shape index (κ3) is 8.30. The Balaban J connectivity index is 0.895. The molecule has 10 heteroatoms. The Morgan fingerprint density at radius 1 is 0.730 bits per heavy atom. The fourth-order valence-corrected chi connectivity index (χ4v) is 9.79. The van der Waals surface area contributed by atoms with E-state index in [2.05, 4.69) is 76.8 Å². The number of ketones is 1. The number of aromatic amines is 1. The molecule has 3 aliphatic heterocycles. The summed E-state index contributed by atoms with van der Waals surface area (Å²) in [6, 6.07) is 39.2. The highest BCUT2D eigenvalue weighted by Gasteiger charge is 2.42. The number of nitrogens with one attached hydrogen (secondary N) is 3. The number of amides is 3. The predicted molar refractivity (Wildman–Crippen MR) is 249 cm³/mol. The van der Waals surface area contributed by atoms with E-state index >= 15 is 0 Å². The number of nitrogens with zero attached hydrogens (tertiary/aromatic N) is 3. The fraction of sp³-hybridized carbons (Fsp3) is 0.302. The van der Waals surface area contributed by atoms with Crippen LogP contribution in [0.1, 0.15) is 99.3 Å². The molecule has 5 atom stereocenters. The van der Waals surface area contributed by atoms with E-state index in [-0.39, 0.29) is 48.1 Å². The Morgan fingerprint density at radius 2 is 1.37 bits per heavy atom. The maximum absolute atomic E-state index is 14.2. The number of Topliss-reactive ketones (excluding diaryl/α,β-unsaturated/α-hetero) is 1. The first-order valence-corrected chi connectivity index (χ1v) is 22.4. The minimum absolute atomic E-state index is 0.0181. The van der Waals surface area contributed by atoms with Crippen LogP contribution in [0.25, 0.3) is 38.9 Å². The predicted octanol–water partition coefficient (Wildman–Crippen LogP) is 9.78. The number of carbonyl (C=O) groups is 4. The number of benzene rings is 5. The molecule has 0 saturated carbocycles. The summed E-state index contributed by atoms with van der Waals surface area (Å²) < 4.78 is 0. The van der Waals surface area contributed by atoms with Crippen LogP contribution in [0.5, 0.6) is 0 Å². The van der Waals surface area contributed by atoms with Gasteiger partial charge in [0.2, 0.25) is 17.7 Å². The standard InChI is InChI=1S/C53H54N6O4/c1-4-40(60)32-42(36-14-8-6-9-15-36)52(62)59-29-13-19-47(59)51-55-43-27-25-39(31-45(43)56-51)35-22-20-34(21-23-35)38-24-26-41-33(3)49(54-44(41)30-38)46-18-12-28-58(46)53(63)50(57-48(61)5-2)37-16-10-7-11-17-37/h6-11,14-17,20-27,30-31,42,46-47,49-50,54H,3-5,12-13,18-19,28-29,32H2,1-2H3,(H,55,56)(H,57,61). The lowest BCUT2D eigenvalue weighted by Gasteiger charge is -2.33. The SMILES string of the molecule is C=C1c2ccc(-c3ccc(-c4ccc5nc(C6CCCN6C(=O)C(CC(=O)CC)c6ccccc6)[nH]c5c4)cc3)cc2NC1C1CCCN1C(=O)C(NC(=O)CC)c1ccccc1. The molecule has 3 aliphatic rings. The van der Waals surface area contributed by atoms with Gasteiger partial charge in [-0.15, -0.1) is 0 Å². The first-order valence-electron chi connectivity index (χ1n) is 22.4. The largest absolute Gasteiger partial charge is 0.376 e. The number of fused-ring (bicyclic) bond motifs is 2. The molecule has 63 heavy (non-hydrogen) atoms. The zero-order valence-corrected chi connectivity index (χ0v) is 36.0. The molecule has 5 unspecified atom stereocenters. The number of hydrogen-bond acceptors (Lipinski definition) is 6. The van der Waals surface area contributed by atoms with Gasteiger partial charge in [-0.1, -0.05) is 124 Å². The Bertz CT molecular complexity index is 2680. The van der Waals surface area contributed by atoms with Crippen molar-refractivity contribution in [2.45, 2.75) is 88.9 Å². The molecule has 10 nitrogen and oxygen atoms in total. The van der Waals surface area contributed by atoms with Gasteiger partial charge in [-0.05, 0) is 82.8 Å². The smallest absolute Gasteiger partial charge is 0.250 e. The molecule has 2 saturated heterocycles. The molecular formula is C53H54N6O4. The molecule has 0 aliphatic carbocycles. The number of aromatic nitrogens is 2. The molecule has 5 aromatic carbocycles. The summed E-state index contributed by atoms with van der Waals surface area (Å²) >= 11 is 0. The van der Waals surface area contributed by atoms with Gasteiger partial charge in [-0.25, -0.2) is 4.98 Å². The average molecular weight is 839 g/mol. The molecule has 0 spiro atoms. The van der Waals surface area contributed by atoms with E-state index in [0.717, 1.165) is 92.7 Å². The molecular weight excluding hydrogens is 785 g/mol. The van der Waals surface area contributed by atoms with E-state index in [4.69, 9.17) is 4.98 Å². The van der Waals surface area contributed by atoms with E-state index in [9.17, 15) is 19.2 Å². The van der Waals surface area contributed by atoms with Crippen molar-refractivity contribution < 1.29 is 19.2 Å². The van der Waals surface area contributed by atoms with Crippen molar-refractivity contribution in [3.8, 4) is 22.3 Å². The number of carbonyl (C=O) groups excluding carboxylic acids is 4. The van der Waals surface area contributed by atoms with E-state index in [0.29, 0.717) is 25.9 Å². The van der Waals surface area contributed by atoms with Crippen LogP contribution < -0.4 is 10.6 Å². The number of likely N-dealkylation sites (tertiary alicyclic amines) is 2. The summed E-state index contributed by atoms with van der Waals surface area (Å²) in [5.41, 5.74) is 10.7. The second kappa shape index (κ2) is 17.9. The fourth-order valence-electron chi connectivity index (χ4n) is 9.79. The first-order chi connectivity index (χ1) is 30.7. The van der Waals surface area contributed by atoms with Crippen LogP contribution in [0, 0.1) is 0 Å². The maximum Gasteiger partial charge on any atom is 0.250 e. The van der Waals surface area contributed by atoms with Crippen molar-refractivity contribution in [3.63, 3.8) is 0 Å². The molecule has 1 aromatic heterocycles. The van der Waals surface area contributed by atoms with Gasteiger partial charge < -0.3 is 25.4 Å². The van der Waals surface area contributed by atoms with Gasteiger partial charge in [0.25, 0.3) is 0 Å². The van der Waals surface area contributed by atoms with Gasteiger partial charge in [0.05, 0.1) is 35.1 Å². The Kier molecular flexibility index (Phi) is 11.8. The zero-order chi connectivity index (χ0) is 43.6. The Morgan fingerprint density at radius 3 is 2.06 bits per heavy atom. The monoisotopic (exact) mass is 838 g/mol. The van der Waals surface area contributed by atoms with Crippen molar-refractivity contribution in [1.82, 2.24) is 25.1 Å². The third-order valence-electron chi connectivity index (χ3n) is 13.3. The molecule has 6 aromatic rings. The molecule has 2 fully saturated rings. The minimum Gasteiger partial charge on any atom is -0.376 e. The minimum atomic E-state index is -0.742. The molecule has 4 heterocycles. The van der Waals surface area contributed by atoms with Crippen LogP contribution >= 0.6 is 0 Å². The maximum atomic E-state index is 14.2. The number of anilines is 1. The molecule has 3 N–H and O–H groups in total. The molecule has 320 valence electrons. The van der Waals surface area contributed by atoms with Crippen molar-refractivity contribution in [2.75, 3.05) is 18.4 Å². The lowest BCUT2D eigenvalue weighted by atomic mass is 9.91. The topological polar surface area (TPSA) is 128 Å². The third-order valence-corrected chi connectivity index (χ3v) is 13.3. The highest BCUT2D eigenvalue weighted by molar-refractivity contribution is 5.93. The van der Waals surface area contributed by atoms with E-state index in [1.165, 1.54) is 0 Å². The summed E-state index contributed by atoms with van der Waals surface area (Å²) in [7, 11) is 0. The molecule has 3 amide bonds. The second-order valence-electron chi connectivity index (χ2n) is 17.1. The number of imidazole rings is 1. The van der Waals surface area contributed by atoms with E-state index in [1.807, 2.05) is 83.5 Å². The Hall–Kier alpha value is -6.81. The normalized spacial score (nSPS) is 19.1. The molecule has 9 rings (SSSR count). The number of hydrogen-bond donors (Lipinski definition) is 3. The summed E-state index contributed by atoms with van der Waals surface area (Å²) in [5.74, 6) is 0.0788. The van der Waals surface area contributed by atoms with Crippen molar-refractivity contribution >= 4 is 45.8 Å². The van der Waals surface area contributed by atoms with E-state index < -0.39 is 12.0 Å². The lowest BCUT2D eigenvalue weighted by Crippen LogP contribution is -2.49. The molecule has 0 radical (unpaired) electrons. The second-order valence-corrected chi connectivity index (χ2v) is 17.1. The van der Waals surface area contributed by atoms with Gasteiger partial charge in [0, 0.05) is 43.6 Å². The van der Waals surface area contributed by atoms with Crippen LogP contribution in [0.4, 0.5) is 5.69 Å². The summed E-state index contributed by atoms with van der Waals surface area (Å²) in [6.45, 7) is 9.41. The quantitative estimate of drug-likeness (QED) is 0.106. The summed E-state index contributed by atoms with van der Waals surface area (Å²) in [4.78, 5) is 65.9. The van der Waals surface area contributed by atoms with Crippen molar-refractivity contribution in [3.05, 3.63) is 150 Å². The zero-order valence-electron chi connectivity index (χ0n) is 36.0. The summed E-state index contributed by atoms with van der Waals surface area (Å²) in [6.07, 6.45) is 4.32. The van der Waals surface area contributed by atoms with Gasteiger partial charge in [0.1, 0.15) is 17.6 Å². The molecule has 0 bridgehead atoms. The van der Waals surface area contributed by atoms with Gasteiger partial charge in [0.15, 0.2) is 0 Å². The average Bonchev–Trinajstić information content (AvgIpc) is 4.16. The highest BCUT2D eigenvalue weighted by Crippen LogP contribution is 2.42. The highest BCUT2D eigenvalue weighted by atomic mass is 16.2. The van der Waals surface area contributed by atoms with Gasteiger partial charge in [-0.3, -0.25) is 19.2 Å². The Labute approximate surface area is 368 Å². The van der Waals surface area contributed by atoms with Crippen molar-refractivity contribution in [2.24, 2.45) is 0 Å². The lowest BCUT2D eigenvalue weighted by molar-refractivity contribution is -0.137. The van der Waals surface area contributed by atoms with Gasteiger partial charge in [-0.2, -0.15) is 0 Å². The van der Waals surface area contributed by atoms with Crippen LogP contribution in [-0.2, 0) is 19.2 Å². The van der Waals surface area contributed by atoms with Gasteiger partial charge >= 0.3 is 0 Å². The number of rotatable bonds is 13. The summed E-state index contributed by atoms with van der Waals surface area (Å²) in [5, 5.41) is 6.71.